The SMILES string of the molecule is COc1cc(C(=O)OCC(=O)c2c(N)n(Cc3ccccc3)c(=O)n(C)c2=O)c([N+](=O)[O-])cc1OC. The van der Waals surface area contributed by atoms with E-state index in [-0.39, 0.29) is 18.0 Å². The van der Waals surface area contributed by atoms with E-state index in [1.165, 1.54) is 21.3 Å². The van der Waals surface area contributed by atoms with Crippen LogP contribution in [0.15, 0.2) is 52.1 Å². The van der Waals surface area contributed by atoms with Gasteiger partial charge in [-0.2, -0.15) is 0 Å². The van der Waals surface area contributed by atoms with E-state index in [0.29, 0.717) is 10.1 Å². The molecule has 0 saturated heterocycles. The Kier molecular flexibility index (Phi) is 7.52. The Bertz CT molecular complexity index is 1460. The van der Waals surface area contributed by atoms with Gasteiger partial charge in [0.15, 0.2) is 18.1 Å². The summed E-state index contributed by atoms with van der Waals surface area (Å²) in [5, 5.41) is 11.4. The molecular formula is C23H22N4O9. The van der Waals surface area contributed by atoms with Gasteiger partial charge in [0.05, 0.1) is 31.8 Å². The fourth-order valence-corrected chi connectivity index (χ4v) is 3.43. The third-order valence-electron chi connectivity index (χ3n) is 5.30. The lowest BCUT2D eigenvalue weighted by Gasteiger charge is -2.15. The number of carbonyl (C=O) groups excluding carboxylic acids is 2. The zero-order chi connectivity index (χ0) is 26.6. The van der Waals surface area contributed by atoms with E-state index in [0.717, 1.165) is 16.7 Å². The molecule has 13 nitrogen and oxygen atoms in total. The summed E-state index contributed by atoms with van der Waals surface area (Å²) in [7, 11) is 3.72. The summed E-state index contributed by atoms with van der Waals surface area (Å²) in [5.74, 6) is -2.58. The number of aromatic nitrogens is 2. The molecule has 0 amide bonds. The summed E-state index contributed by atoms with van der Waals surface area (Å²) >= 11 is 0. The molecule has 0 aliphatic heterocycles. The van der Waals surface area contributed by atoms with Crippen molar-refractivity contribution in [1.82, 2.24) is 9.13 Å². The summed E-state index contributed by atoms with van der Waals surface area (Å²) in [6.07, 6.45) is 0. The summed E-state index contributed by atoms with van der Waals surface area (Å²) in [6.45, 7) is -0.981. The second-order valence-electron chi connectivity index (χ2n) is 7.46. The van der Waals surface area contributed by atoms with E-state index >= 15 is 0 Å². The second-order valence-corrected chi connectivity index (χ2v) is 7.46. The van der Waals surface area contributed by atoms with Gasteiger partial charge in [-0.1, -0.05) is 30.3 Å². The van der Waals surface area contributed by atoms with Crippen LogP contribution in [0.5, 0.6) is 11.5 Å². The number of hydrogen-bond donors (Lipinski definition) is 1. The number of nitrogens with two attached hydrogens (primary N) is 1. The van der Waals surface area contributed by atoms with Crippen molar-refractivity contribution in [2.24, 2.45) is 7.05 Å². The lowest BCUT2D eigenvalue weighted by molar-refractivity contribution is -0.385. The third-order valence-corrected chi connectivity index (χ3v) is 5.30. The fraction of sp³-hybridized carbons (Fsp3) is 0.217. The average molecular weight is 498 g/mol. The van der Waals surface area contributed by atoms with Crippen molar-refractivity contribution in [3.63, 3.8) is 0 Å². The van der Waals surface area contributed by atoms with Crippen molar-refractivity contribution in [2.75, 3.05) is 26.6 Å². The lowest BCUT2D eigenvalue weighted by Crippen LogP contribution is -2.43. The van der Waals surface area contributed by atoms with Gasteiger partial charge in [0, 0.05) is 13.1 Å². The van der Waals surface area contributed by atoms with Crippen LogP contribution in [-0.2, 0) is 18.3 Å². The molecule has 188 valence electrons. The second kappa shape index (κ2) is 10.5. The van der Waals surface area contributed by atoms with Crippen molar-refractivity contribution in [3.05, 3.63) is 90.1 Å². The average Bonchev–Trinajstić information content (AvgIpc) is 2.88. The van der Waals surface area contributed by atoms with Crippen LogP contribution in [0.25, 0.3) is 0 Å². The van der Waals surface area contributed by atoms with Crippen molar-refractivity contribution in [1.29, 1.82) is 0 Å². The molecule has 0 aliphatic rings. The number of carbonyl (C=O) groups is 2. The fourth-order valence-electron chi connectivity index (χ4n) is 3.43. The lowest BCUT2D eigenvalue weighted by atomic mass is 10.1. The number of Topliss-reactive ketones (excluding diaryl/α,β-unsaturated/α-hetero) is 1. The normalized spacial score (nSPS) is 10.5. The zero-order valence-electron chi connectivity index (χ0n) is 19.5. The van der Waals surface area contributed by atoms with Gasteiger partial charge in [-0.05, 0) is 5.56 Å². The first-order valence-electron chi connectivity index (χ1n) is 10.3. The molecular weight excluding hydrogens is 476 g/mol. The van der Waals surface area contributed by atoms with Crippen molar-refractivity contribution < 1.29 is 28.7 Å². The molecule has 0 spiro atoms. The first-order chi connectivity index (χ1) is 17.1. The minimum atomic E-state index is -1.22. The number of esters is 1. The minimum Gasteiger partial charge on any atom is -0.493 e. The quantitative estimate of drug-likeness (QED) is 0.195. The maximum Gasteiger partial charge on any atom is 0.345 e. The third kappa shape index (κ3) is 4.94. The first kappa shape index (κ1) is 25.7. The maximum absolute atomic E-state index is 12.9. The number of anilines is 1. The molecule has 3 aromatic rings. The summed E-state index contributed by atoms with van der Waals surface area (Å²) < 4.78 is 16.8. The Morgan fingerprint density at radius 1 is 1.06 bits per heavy atom. The van der Waals surface area contributed by atoms with Crippen LogP contribution >= 0.6 is 0 Å². The predicted octanol–water partition coefficient (Wildman–Crippen LogP) is 1.14. The number of nitrogen functional groups attached to an aromatic ring is 1. The number of methoxy groups -OCH3 is 2. The number of benzene rings is 2. The highest BCUT2D eigenvalue weighted by atomic mass is 16.6. The summed E-state index contributed by atoms with van der Waals surface area (Å²) in [6, 6.07) is 10.8. The Labute approximate surface area is 203 Å². The summed E-state index contributed by atoms with van der Waals surface area (Å²) in [4.78, 5) is 61.4. The van der Waals surface area contributed by atoms with Gasteiger partial charge in [-0.25, -0.2) is 9.59 Å². The zero-order valence-corrected chi connectivity index (χ0v) is 19.5. The standard InChI is InChI=1S/C23H22N4O9/c1-25-21(29)19(20(24)26(23(25)31)11-13-7-5-4-6-8-13)16(28)12-36-22(30)14-9-17(34-2)18(35-3)10-15(14)27(32)33/h4-10H,11-12,24H2,1-3H3. The molecule has 0 bridgehead atoms. The van der Waals surface area contributed by atoms with Crippen LogP contribution in [0.2, 0.25) is 0 Å². The first-order valence-corrected chi connectivity index (χ1v) is 10.3. The number of ether oxygens (including phenoxy) is 3. The topological polar surface area (TPSA) is 175 Å². The molecule has 2 aromatic carbocycles. The number of nitrogens with zero attached hydrogens (tertiary/aromatic N) is 3. The Balaban J connectivity index is 1.93. The highest BCUT2D eigenvalue weighted by molar-refractivity contribution is 6.03. The molecule has 0 radical (unpaired) electrons. The van der Waals surface area contributed by atoms with Gasteiger partial charge < -0.3 is 19.9 Å². The number of rotatable bonds is 9. The van der Waals surface area contributed by atoms with Crippen molar-refractivity contribution in [2.45, 2.75) is 6.54 Å². The largest absolute Gasteiger partial charge is 0.493 e. The Hall–Kier alpha value is -4.94. The van der Waals surface area contributed by atoms with Crippen LogP contribution in [0.3, 0.4) is 0 Å². The van der Waals surface area contributed by atoms with Gasteiger partial charge in [0.1, 0.15) is 16.9 Å². The van der Waals surface area contributed by atoms with Crippen molar-refractivity contribution >= 4 is 23.3 Å². The van der Waals surface area contributed by atoms with Gasteiger partial charge in [-0.3, -0.25) is 28.8 Å². The van der Waals surface area contributed by atoms with Crippen LogP contribution < -0.4 is 26.5 Å². The summed E-state index contributed by atoms with van der Waals surface area (Å²) in [5.41, 5.74) is 3.31. The molecule has 13 heteroatoms. The van der Waals surface area contributed by atoms with Gasteiger partial charge in [0.2, 0.25) is 5.78 Å². The van der Waals surface area contributed by atoms with Crippen LogP contribution in [0, 0.1) is 10.1 Å². The number of nitro benzene ring substituents is 1. The molecule has 2 N–H and O–H groups in total. The van der Waals surface area contributed by atoms with Crippen LogP contribution in [-0.4, -0.2) is 46.6 Å². The molecule has 36 heavy (non-hydrogen) atoms. The molecule has 0 fully saturated rings. The monoisotopic (exact) mass is 498 g/mol. The van der Waals surface area contributed by atoms with E-state index in [1.807, 2.05) is 0 Å². The molecule has 0 unspecified atom stereocenters. The molecule has 0 saturated carbocycles. The van der Waals surface area contributed by atoms with Gasteiger partial charge in [-0.15, -0.1) is 0 Å². The molecule has 1 heterocycles. The van der Waals surface area contributed by atoms with Crippen LogP contribution in [0.4, 0.5) is 11.5 Å². The van der Waals surface area contributed by atoms with E-state index in [4.69, 9.17) is 19.9 Å². The highest BCUT2D eigenvalue weighted by Crippen LogP contribution is 2.34. The number of hydrogen-bond acceptors (Lipinski definition) is 10. The molecule has 1 aromatic heterocycles. The Morgan fingerprint density at radius 2 is 1.67 bits per heavy atom. The maximum atomic E-state index is 12.9. The molecule has 0 aliphatic carbocycles. The van der Waals surface area contributed by atoms with Crippen LogP contribution in [0.1, 0.15) is 26.3 Å². The van der Waals surface area contributed by atoms with E-state index in [9.17, 15) is 29.3 Å². The van der Waals surface area contributed by atoms with Crippen molar-refractivity contribution in [3.8, 4) is 11.5 Å². The Morgan fingerprint density at radius 3 is 2.25 bits per heavy atom. The predicted molar refractivity (Wildman–Crippen MR) is 127 cm³/mol. The van der Waals surface area contributed by atoms with Gasteiger partial charge >= 0.3 is 11.7 Å². The van der Waals surface area contributed by atoms with E-state index < -0.39 is 57.2 Å². The molecule has 3 rings (SSSR count). The number of nitro groups is 1. The van der Waals surface area contributed by atoms with E-state index in [1.54, 1.807) is 30.3 Å². The smallest absolute Gasteiger partial charge is 0.345 e. The minimum absolute atomic E-state index is 0.00812. The number of ketones is 1. The molecule has 0 atom stereocenters. The van der Waals surface area contributed by atoms with E-state index in [2.05, 4.69) is 0 Å². The highest BCUT2D eigenvalue weighted by Gasteiger charge is 2.28. The van der Waals surface area contributed by atoms with Gasteiger partial charge in [0.25, 0.3) is 11.2 Å².